The molecular weight excluding hydrogens is 392 g/mol. The molecule has 0 spiro atoms. The van der Waals surface area contributed by atoms with E-state index >= 15 is 0 Å². The summed E-state index contributed by atoms with van der Waals surface area (Å²) in [5.41, 5.74) is 1.93. The molecule has 2 heterocycles. The second-order valence-electron chi connectivity index (χ2n) is 7.90. The Kier molecular flexibility index (Phi) is 6.52. The number of carbonyl (C=O) groups is 1. The van der Waals surface area contributed by atoms with Gasteiger partial charge < -0.3 is 20.1 Å². The van der Waals surface area contributed by atoms with Crippen LogP contribution in [0.4, 0.5) is 5.69 Å². The van der Waals surface area contributed by atoms with Crippen LogP contribution in [0.15, 0.2) is 60.9 Å². The van der Waals surface area contributed by atoms with Crippen molar-refractivity contribution < 1.29 is 14.6 Å². The van der Waals surface area contributed by atoms with Crippen LogP contribution in [0.25, 0.3) is 5.69 Å². The lowest BCUT2D eigenvalue weighted by Crippen LogP contribution is -2.28. The highest BCUT2D eigenvalue weighted by Crippen LogP contribution is 2.19. The number of aromatic hydroxyl groups is 1. The van der Waals surface area contributed by atoms with Gasteiger partial charge in [-0.15, -0.1) is 0 Å². The number of ether oxygens (including phenoxy) is 1. The Bertz CT molecular complexity index is 998. The lowest BCUT2D eigenvalue weighted by atomic mass is 10.2. The Balaban J connectivity index is 1.27. The van der Waals surface area contributed by atoms with E-state index in [0.717, 1.165) is 24.4 Å². The lowest BCUT2D eigenvalue weighted by molar-refractivity contribution is 0.102. The third-order valence-electron chi connectivity index (χ3n) is 5.62. The van der Waals surface area contributed by atoms with E-state index in [1.165, 1.54) is 31.5 Å². The van der Waals surface area contributed by atoms with Crippen LogP contribution < -0.4 is 10.1 Å². The minimum absolute atomic E-state index is 0.123. The fourth-order valence-electron chi connectivity index (χ4n) is 3.82. The molecule has 0 radical (unpaired) electrons. The van der Waals surface area contributed by atoms with E-state index in [4.69, 9.17) is 4.74 Å². The third kappa shape index (κ3) is 5.44. The lowest BCUT2D eigenvalue weighted by Gasteiger charge is -2.20. The molecule has 0 bridgehead atoms. The first-order valence-corrected chi connectivity index (χ1v) is 10.7. The molecule has 1 unspecified atom stereocenters. The van der Waals surface area contributed by atoms with Crippen molar-refractivity contribution in [3.8, 4) is 17.2 Å². The third-order valence-corrected chi connectivity index (χ3v) is 5.62. The van der Waals surface area contributed by atoms with Crippen molar-refractivity contribution in [3.05, 3.63) is 66.5 Å². The number of benzene rings is 2. The molecule has 2 aromatic carbocycles. The average Bonchev–Trinajstić information content (AvgIpc) is 3.41. The van der Waals surface area contributed by atoms with Crippen molar-refractivity contribution in [2.24, 2.45) is 0 Å². The Morgan fingerprint density at radius 1 is 1.19 bits per heavy atom. The molecule has 7 nitrogen and oxygen atoms in total. The topological polar surface area (TPSA) is 79.6 Å². The number of anilines is 1. The first kappa shape index (κ1) is 20.9. The van der Waals surface area contributed by atoms with Crippen molar-refractivity contribution in [1.82, 2.24) is 14.7 Å². The maximum absolute atomic E-state index is 12.3. The van der Waals surface area contributed by atoms with E-state index in [0.29, 0.717) is 23.9 Å². The van der Waals surface area contributed by atoms with E-state index in [2.05, 4.69) is 22.2 Å². The van der Waals surface area contributed by atoms with Crippen LogP contribution in [-0.2, 0) is 0 Å². The van der Waals surface area contributed by atoms with Gasteiger partial charge in [0.2, 0.25) is 0 Å². The van der Waals surface area contributed by atoms with E-state index in [9.17, 15) is 9.90 Å². The fraction of sp³-hybridized carbons (Fsp3) is 0.333. The van der Waals surface area contributed by atoms with Gasteiger partial charge in [-0.25, -0.2) is 4.68 Å². The number of hydrogen-bond donors (Lipinski definition) is 2. The molecule has 2 N–H and O–H groups in total. The van der Waals surface area contributed by atoms with Gasteiger partial charge in [-0.05, 0) is 81.3 Å². The van der Waals surface area contributed by atoms with Gasteiger partial charge in [0.1, 0.15) is 11.5 Å². The molecule has 4 rings (SSSR count). The van der Waals surface area contributed by atoms with Crippen LogP contribution in [0, 0.1) is 0 Å². The maximum atomic E-state index is 12.3. The minimum atomic E-state index is -0.258. The number of carbonyl (C=O) groups excluding carboxylic acids is 1. The van der Waals surface area contributed by atoms with Crippen molar-refractivity contribution in [3.63, 3.8) is 0 Å². The van der Waals surface area contributed by atoms with Crippen LogP contribution in [0.2, 0.25) is 0 Å². The number of nitrogens with one attached hydrogen (secondary N) is 1. The van der Waals surface area contributed by atoms with Gasteiger partial charge in [0, 0.05) is 18.2 Å². The summed E-state index contributed by atoms with van der Waals surface area (Å²) in [6.07, 6.45) is 6.99. The normalized spacial score (nSPS) is 16.4. The molecular formula is C24H28N4O3. The van der Waals surface area contributed by atoms with E-state index in [1.807, 2.05) is 24.3 Å². The summed E-state index contributed by atoms with van der Waals surface area (Å²) in [6.45, 7) is 5.30. The van der Waals surface area contributed by atoms with Gasteiger partial charge in [0.15, 0.2) is 0 Å². The van der Waals surface area contributed by atoms with Gasteiger partial charge in [0.25, 0.3) is 5.91 Å². The zero-order valence-electron chi connectivity index (χ0n) is 17.7. The summed E-state index contributed by atoms with van der Waals surface area (Å²) in [4.78, 5) is 14.8. The number of rotatable bonds is 8. The Morgan fingerprint density at radius 3 is 2.68 bits per heavy atom. The molecule has 1 aliphatic heterocycles. The molecule has 1 amide bonds. The molecule has 1 fully saturated rings. The zero-order chi connectivity index (χ0) is 21.6. The van der Waals surface area contributed by atoms with Crippen LogP contribution in [0.3, 0.4) is 0 Å². The molecule has 162 valence electrons. The van der Waals surface area contributed by atoms with Crippen LogP contribution in [0.5, 0.6) is 11.5 Å². The molecule has 1 aromatic heterocycles. The van der Waals surface area contributed by atoms with Crippen molar-refractivity contribution >= 4 is 11.6 Å². The number of likely N-dealkylation sites (tertiary alicyclic amines) is 1. The van der Waals surface area contributed by atoms with Crippen molar-refractivity contribution in [2.45, 2.75) is 32.2 Å². The van der Waals surface area contributed by atoms with E-state index in [1.54, 1.807) is 29.2 Å². The summed E-state index contributed by atoms with van der Waals surface area (Å²) in [6, 6.07) is 14.5. The minimum Gasteiger partial charge on any atom is -0.508 e. The quantitative estimate of drug-likeness (QED) is 0.537. The number of aromatic nitrogens is 2. The van der Waals surface area contributed by atoms with E-state index < -0.39 is 0 Å². The van der Waals surface area contributed by atoms with Gasteiger partial charge in [-0.3, -0.25) is 4.79 Å². The Hall–Kier alpha value is -3.32. The molecule has 1 atom stereocenters. The van der Waals surface area contributed by atoms with Crippen molar-refractivity contribution in [2.75, 3.05) is 25.0 Å². The van der Waals surface area contributed by atoms with Crippen LogP contribution in [-0.4, -0.2) is 51.4 Å². The van der Waals surface area contributed by atoms with Gasteiger partial charge in [-0.2, -0.15) is 5.10 Å². The van der Waals surface area contributed by atoms with Crippen molar-refractivity contribution in [1.29, 1.82) is 0 Å². The molecule has 1 aliphatic rings. The van der Waals surface area contributed by atoms with Gasteiger partial charge >= 0.3 is 0 Å². The van der Waals surface area contributed by atoms with Gasteiger partial charge in [0.05, 0.1) is 30.4 Å². The molecule has 7 heteroatoms. The second-order valence-corrected chi connectivity index (χ2v) is 7.90. The summed E-state index contributed by atoms with van der Waals surface area (Å²) >= 11 is 0. The largest absolute Gasteiger partial charge is 0.508 e. The summed E-state index contributed by atoms with van der Waals surface area (Å²) in [7, 11) is 0. The SMILES string of the molecule is CC1CCCN1CCCOc1ccc(-n2cc(NC(=O)c3ccc(O)cc3)cn2)cc1. The Labute approximate surface area is 182 Å². The maximum Gasteiger partial charge on any atom is 0.255 e. The number of nitrogens with zero attached hydrogens (tertiary/aromatic N) is 3. The smallest absolute Gasteiger partial charge is 0.255 e. The predicted octanol–water partition coefficient (Wildman–Crippen LogP) is 4.08. The highest BCUT2D eigenvalue weighted by atomic mass is 16.5. The zero-order valence-corrected chi connectivity index (χ0v) is 17.7. The molecule has 3 aromatic rings. The molecule has 1 saturated heterocycles. The number of amides is 1. The van der Waals surface area contributed by atoms with Gasteiger partial charge in [-0.1, -0.05) is 0 Å². The first-order chi connectivity index (χ1) is 15.1. The van der Waals surface area contributed by atoms with E-state index in [-0.39, 0.29) is 11.7 Å². The fourth-order valence-corrected chi connectivity index (χ4v) is 3.82. The standard InChI is InChI=1S/C24H28N4O3/c1-18-4-2-13-27(18)14-3-15-31-23-11-7-21(8-12-23)28-17-20(16-25-28)26-24(30)19-5-9-22(29)10-6-19/h5-12,16-18,29H,2-4,13-15H2,1H3,(H,26,30). The molecule has 0 saturated carbocycles. The average molecular weight is 421 g/mol. The summed E-state index contributed by atoms with van der Waals surface area (Å²) in [5.74, 6) is 0.704. The Morgan fingerprint density at radius 2 is 1.97 bits per heavy atom. The summed E-state index contributed by atoms with van der Waals surface area (Å²) < 4.78 is 7.58. The highest BCUT2D eigenvalue weighted by Gasteiger charge is 2.19. The van der Waals surface area contributed by atoms with Crippen LogP contribution >= 0.6 is 0 Å². The number of phenols is 1. The number of phenolic OH excluding ortho intramolecular Hbond substituents is 1. The second kappa shape index (κ2) is 9.66. The first-order valence-electron chi connectivity index (χ1n) is 10.7. The highest BCUT2D eigenvalue weighted by molar-refractivity contribution is 6.04. The summed E-state index contributed by atoms with van der Waals surface area (Å²) in [5, 5.41) is 16.5. The monoisotopic (exact) mass is 420 g/mol. The molecule has 31 heavy (non-hydrogen) atoms. The predicted molar refractivity (Wildman–Crippen MR) is 120 cm³/mol. The van der Waals surface area contributed by atoms with Crippen LogP contribution in [0.1, 0.15) is 36.5 Å². The number of hydrogen-bond acceptors (Lipinski definition) is 5. The molecule has 0 aliphatic carbocycles.